The number of nitriles is 1. The Balaban J connectivity index is 2.05. The summed E-state index contributed by atoms with van der Waals surface area (Å²) in [7, 11) is 0. The van der Waals surface area contributed by atoms with Crippen LogP contribution in [0.5, 0.6) is 0 Å². The lowest BCUT2D eigenvalue weighted by Crippen LogP contribution is -2.19. The van der Waals surface area contributed by atoms with Gasteiger partial charge in [0.25, 0.3) is 0 Å². The molecule has 1 aromatic carbocycles. The summed E-state index contributed by atoms with van der Waals surface area (Å²) < 4.78 is 1.04. The first kappa shape index (κ1) is 9.54. The van der Waals surface area contributed by atoms with Crippen molar-refractivity contribution >= 4 is 21.6 Å². The van der Waals surface area contributed by atoms with E-state index in [0.717, 1.165) is 10.2 Å². The second-order valence-electron chi connectivity index (χ2n) is 3.60. The van der Waals surface area contributed by atoms with E-state index in [-0.39, 0.29) is 6.04 Å². The number of halogens is 1. The predicted molar refractivity (Wildman–Crippen MR) is 59.9 cm³/mol. The molecule has 1 aliphatic rings. The molecule has 2 nitrogen and oxygen atoms in total. The molecular weight excluding hydrogens is 240 g/mol. The van der Waals surface area contributed by atoms with Gasteiger partial charge in [-0.2, -0.15) is 5.26 Å². The lowest BCUT2D eigenvalue weighted by atomic mass is 10.2. The molecule has 1 N–H and O–H groups in total. The molecule has 0 spiro atoms. The van der Waals surface area contributed by atoms with E-state index in [1.54, 1.807) is 0 Å². The van der Waals surface area contributed by atoms with E-state index in [9.17, 15) is 0 Å². The average molecular weight is 251 g/mol. The van der Waals surface area contributed by atoms with Crippen molar-refractivity contribution in [2.75, 3.05) is 5.32 Å². The number of nitrogens with zero attached hydrogens (tertiary/aromatic N) is 1. The summed E-state index contributed by atoms with van der Waals surface area (Å²) in [6.45, 7) is 0. The molecule has 14 heavy (non-hydrogen) atoms. The molecule has 0 heterocycles. The summed E-state index contributed by atoms with van der Waals surface area (Å²) in [5.41, 5.74) is 1.01. The van der Waals surface area contributed by atoms with Gasteiger partial charge in [0.15, 0.2) is 0 Å². The van der Waals surface area contributed by atoms with Crippen molar-refractivity contribution in [2.24, 2.45) is 5.92 Å². The predicted octanol–water partition coefficient (Wildman–Crippen LogP) is 3.16. The summed E-state index contributed by atoms with van der Waals surface area (Å²) >= 11 is 3.40. The Hall–Kier alpha value is -1.01. The molecule has 0 bridgehead atoms. The zero-order chi connectivity index (χ0) is 9.97. The summed E-state index contributed by atoms with van der Waals surface area (Å²) in [4.78, 5) is 0. The quantitative estimate of drug-likeness (QED) is 0.895. The fourth-order valence-corrected chi connectivity index (χ4v) is 1.84. The summed E-state index contributed by atoms with van der Waals surface area (Å²) in [5.74, 6) is 0.555. The van der Waals surface area contributed by atoms with Crippen molar-refractivity contribution in [3.05, 3.63) is 28.7 Å². The van der Waals surface area contributed by atoms with Gasteiger partial charge in [-0.05, 0) is 37.0 Å². The number of rotatable bonds is 3. The average Bonchev–Trinajstić information content (AvgIpc) is 2.97. The van der Waals surface area contributed by atoms with Crippen LogP contribution in [0.2, 0.25) is 0 Å². The molecule has 72 valence electrons. The van der Waals surface area contributed by atoms with Crippen molar-refractivity contribution in [1.29, 1.82) is 5.26 Å². The minimum atomic E-state index is -0.0238. The standard InChI is InChI=1S/C11H11BrN2/c12-9-2-1-3-10(6-9)14-11(7-13)8-4-5-8/h1-3,6,8,11,14H,4-5H2. The largest absolute Gasteiger partial charge is 0.370 e. The topological polar surface area (TPSA) is 35.8 Å². The molecule has 0 radical (unpaired) electrons. The van der Waals surface area contributed by atoms with Crippen molar-refractivity contribution in [3.8, 4) is 6.07 Å². The first-order valence-corrected chi connectivity index (χ1v) is 5.50. The summed E-state index contributed by atoms with van der Waals surface area (Å²) in [5, 5.41) is 12.2. The van der Waals surface area contributed by atoms with Gasteiger partial charge in [0.2, 0.25) is 0 Å². The van der Waals surface area contributed by atoms with Crippen LogP contribution in [-0.2, 0) is 0 Å². The first-order valence-electron chi connectivity index (χ1n) is 4.71. The molecule has 0 amide bonds. The first-order chi connectivity index (χ1) is 6.79. The maximum Gasteiger partial charge on any atom is 0.117 e. The zero-order valence-electron chi connectivity index (χ0n) is 7.70. The molecule has 1 atom stereocenters. The Labute approximate surface area is 92.1 Å². The SMILES string of the molecule is N#CC(Nc1cccc(Br)c1)C1CC1. The molecule has 3 heteroatoms. The van der Waals surface area contributed by atoms with Crippen molar-refractivity contribution in [1.82, 2.24) is 0 Å². The van der Waals surface area contributed by atoms with Gasteiger partial charge in [-0.15, -0.1) is 0 Å². The van der Waals surface area contributed by atoms with Gasteiger partial charge in [0, 0.05) is 10.2 Å². The van der Waals surface area contributed by atoms with Crippen LogP contribution >= 0.6 is 15.9 Å². The minimum Gasteiger partial charge on any atom is -0.370 e. The van der Waals surface area contributed by atoms with Crippen LogP contribution in [0.4, 0.5) is 5.69 Å². The van der Waals surface area contributed by atoms with Crippen molar-refractivity contribution < 1.29 is 0 Å². The molecule has 1 aliphatic carbocycles. The fraction of sp³-hybridized carbons (Fsp3) is 0.364. The highest BCUT2D eigenvalue weighted by Gasteiger charge is 2.31. The monoisotopic (exact) mass is 250 g/mol. The summed E-state index contributed by atoms with van der Waals surface area (Å²) in [6.07, 6.45) is 2.36. The maximum absolute atomic E-state index is 8.94. The highest BCUT2D eigenvalue weighted by atomic mass is 79.9. The summed E-state index contributed by atoms with van der Waals surface area (Å²) in [6, 6.07) is 10.2. The van der Waals surface area contributed by atoms with Crippen molar-refractivity contribution in [2.45, 2.75) is 18.9 Å². The van der Waals surface area contributed by atoms with Crippen LogP contribution in [0.3, 0.4) is 0 Å². The van der Waals surface area contributed by atoms with Crippen LogP contribution < -0.4 is 5.32 Å². The lowest BCUT2D eigenvalue weighted by Gasteiger charge is -2.11. The number of nitrogens with one attached hydrogen (secondary N) is 1. The highest BCUT2D eigenvalue weighted by molar-refractivity contribution is 9.10. The van der Waals surface area contributed by atoms with Crippen LogP contribution in [0, 0.1) is 17.2 Å². The van der Waals surface area contributed by atoms with E-state index in [2.05, 4.69) is 27.3 Å². The third kappa shape index (κ3) is 2.27. The third-order valence-electron chi connectivity index (χ3n) is 2.38. The fourth-order valence-electron chi connectivity index (χ4n) is 1.44. The van der Waals surface area contributed by atoms with Gasteiger partial charge in [-0.25, -0.2) is 0 Å². The lowest BCUT2D eigenvalue weighted by molar-refractivity contribution is 0.767. The van der Waals surface area contributed by atoms with Gasteiger partial charge in [0.1, 0.15) is 6.04 Å². The number of hydrogen-bond acceptors (Lipinski definition) is 2. The van der Waals surface area contributed by atoms with E-state index in [1.807, 2.05) is 24.3 Å². The molecule has 0 aromatic heterocycles. The molecule has 1 fully saturated rings. The van der Waals surface area contributed by atoms with E-state index < -0.39 is 0 Å². The van der Waals surface area contributed by atoms with Crippen LogP contribution in [0.1, 0.15) is 12.8 Å². The van der Waals surface area contributed by atoms with E-state index in [1.165, 1.54) is 12.8 Å². The Bertz CT molecular complexity index is 366. The Morgan fingerprint density at radius 3 is 2.86 bits per heavy atom. The third-order valence-corrected chi connectivity index (χ3v) is 2.87. The molecule has 1 aromatic rings. The molecule has 2 rings (SSSR count). The Morgan fingerprint density at radius 2 is 2.29 bits per heavy atom. The number of anilines is 1. The van der Waals surface area contributed by atoms with Crippen LogP contribution in [0.25, 0.3) is 0 Å². The van der Waals surface area contributed by atoms with E-state index >= 15 is 0 Å². The second-order valence-corrected chi connectivity index (χ2v) is 4.51. The van der Waals surface area contributed by atoms with E-state index in [4.69, 9.17) is 5.26 Å². The second kappa shape index (κ2) is 4.02. The van der Waals surface area contributed by atoms with Crippen LogP contribution in [0.15, 0.2) is 28.7 Å². The van der Waals surface area contributed by atoms with Gasteiger partial charge >= 0.3 is 0 Å². The molecule has 1 saturated carbocycles. The molecular formula is C11H11BrN2. The Morgan fingerprint density at radius 1 is 1.50 bits per heavy atom. The van der Waals surface area contributed by atoms with Gasteiger partial charge in [-0.1, -0.05) is 22.0 Å². The van der Waals surface area contributed by atoms with Gasteiger partial charge in [-0.3, -0.25) is 0 Å². The van der Waals surface area contributed by atoms with Gasteiger partial charge < -0.3 is 5.32 Å². The number of benzene rings is 1. The zero-order valence-corrected chi connectivity index (χ0v) is 9.29. The van der Waals surface area contributed by atoms with Gasteiger partial charge in [0.05, 0.1) is 6.07 Å². The maximum atomic E-state index is 8.94. The normalized spacial score (nSPS) is 17.1. The Kier molecular flexibility index (Phi) is 2.74. The number of hydrogen-bond donors (Lipinski definition) is 1. The van der Waals surface area contributed by atoms with Crippen molar-refractivity contribution in [3.63, 3.8) is 0 Å². The van der Waals surface area contributed by atoms with Crippen LogP contribution in [-0.4, -0.2) is 6.04 Å². The highest BCUT2D eigenvalue weighted by Crippen LogP contribution is 2.34. The molecule has 0 saturated heterocycles. The minimum absolute atomic E-state index is 0.0238. The smallest absolute Gasteiger partial charge is 0.117 e. The molecule has 0 aliphatic heterocycles. The van der Waals surface area contributed by atoms with E-state index in [0.29, 0.717) is 5.92 Å². The molecule has 1 unspecified atom stereocenters.